The summed E-state index contributed by atoms with van der Waals surface area (Å²) in [4.78, 5) is 9.04. The van der Waals surface area contributed by atoms with Crippen LogP contribution in [0.2, 0.25) is 5.02 Å². The molecular formula is C16H15ClN4. The van der Waals surface area contributed by atoms with Crippen LogP contribution in [0.4, 0.5) is 17.5 Å². The minimum Gasteiger partial charge on any atom is -0.354 e. The molecule has 0 spiro atoms. The Balaban J connectivity index is 2.07. The Kier molecular flexibility index (Phi) is 3.88. The normalized spacial score (nSPS) is 10.6. The second-order valence-electron chi connectivity index (χ2n) is 4.58. The van der Waals surface area contributed by atoms with E-state index in [1.165, 1.54) is 0 Å². The molecule has 0 amide bonds. The highest BCUT2D eigenvalue weighted by Crippen LogP contribution is 2.26. The third-order valence-corrected chi connectivity index (χ3v) is 3.26. The third kappa shape index (κ3) is 3.06. The first kappa shape index (κ1) is 13.6. The number of nitrogens with zero attached hydrogens (tertiary/aromatic N) is 2. The number of anilines is 3. The molecule has 4 nitrogen and oxygen atoms in total. The maximum absolute atomic E-state index is 6.03. The maximum atomic E-state index is 6.03. The summed E-state index contributed by atoms with van der Waals surface area (Å²) < 4.78 is 0. The summed E-state index contributed by atoms with van der Waals surface area (Å²) >= 11 is 6.03. The number of para-hydroxylation sites is 1. The molecule has 0 aliphatic carbocycles. The lowest BCUT2D eigenvalue weighted by atomic mass is 10.2. The lowest BCUT2D eigenvalue weighted by molar-refractivity contribution is 1.11. The monoisotopic (exact) mass is 298 g/mol. The van der Waals surface area contributed by atoms with Crippen molar-refractivity contribution in [1.29, 1.82) is 0 Å². The zero-order valence-corrected chi connectivity index (χ0v) is 12.4. The second-order valence-corrected chi connectivity index (χ2v) is 5.02. The first-order chi connectivity index (χ1) is 10.3. The van der Waals surface area contributed by atoms with Gasteiger partial charge in [-0.05, 0) is 37.3 Å². The van der Waals surface area contributed by atoms with E-state index in [0.717, 1.165) is 29.0 Å². The van der Waals surface area contributed by atoms with Crippen LogP contribution in [-0.2, 0) is 0 Å². The zero-order valence-electron chi connectivity index (χ0n) is 11.6. The summed E-state index contributed by atoms with van der Waals surface area (Å²) in [6, 6.07) is 15.5. The fourth-order valence-corrected chi connectivity index (χ4v) is 2.30. The molecule has 1 heterocycles. The molecule has 0 aliphatic rings. The lowest BCUT2D eigenvalue weighted by Gasteiger charge is -2.11. The predicted octanol–water partition coefficient (Wildman–Crippen LogP) is 4.46. The Bertz CT molecular complexity index is 773. The third-order valence-electron chi connectivity index (χ3n) is 3.03. The summed E-state index contributed by atoms with van der Waals surface area (Å²) in [7, 11) is 0. The van der Waals surface area contributed by atoms with Crippen molar-refractivity contribution in [2.75, 3.05) is 17.2 Å². The molecule has 0 atom stereocenters. The molecule has 0 fully saturated rings. The van der Waals surface area contributed by atoms with Crippen molar-refractivity contribution in [1.82, 2.24) is 9.97 Å². The first-order valence-electron chi connectivity index (χ1n) is 6.79. The number of nitrogens with one attached hydrogen (secondary N) is 2. The number of halogens is 1. The second kappa shape index (κ2) is 5.97. The van der Waals surface area contributed by atoms with Gasteiger partial charge in [0.25, 0.3) is 0 Å². The largest absolute Gasteiger partial charge is 0.354 e. The van der Waals surface area contributed by atoms with Crippen LogP contribution in [0.25, 0.3) is 10.9 Å². The number of hydrogen-bond acceptors (Lipinski definition) is 4. The number of aromatic nitrogens is 2. The van der Waals surface area contributed by atoms with Gasteiger partial charge in [-0.3, -0.25) is 0 Å². The zero-order chi connectivity index (χ0) is 14.7. The smallest absolute Gasteiger partial charge is 0.225 e. The average Bonchev–Trinajstić information content (AvgIpc) is 2.48. The molecule has 0 saturated carbocycles. The van der Waals surface area contributed by atoms with Gasteiger partial charge in [0.05, 0.1) is 5.52 Å². The maximum Gasteiger partial charge on any atom is 0.225 e. The van der Waals surface area contributed by atoms with Crippen molar-refractivity contribution in [2.45, 2.75) is 6.92 Å². The van der Waals surface area contributed by atoms with Crippen molar-refractivity contribution in [3.63, 3.8) is 0 Å². The van der Waals surface area contributed by atoms with Gasteiger partial charge in [-0.2, -0.15) is 4.98 Å². The molecule has 0 aliphatic heterocycles. The average molecular weight is 299 g/mol. The van der Waals surface area contributed by atoms with Gasteiger partial charge < -0.3 is 10.6 Å². The van der Waals surface area contributed by atoms with Crippen LogP contribution in [0.3, 0.4) is 0 Å². The molecular weight excluding hydrogens is 284 g/mol. The minimum absolute atomic E-state index is 0.612. The van der Waals surface area contributed by atoms with Gasteiger partial charge in [0.1, 0.15) is 5.82 Å². The Morgan fingerprint density at radius 1 is 1.05 bits per heavy atom. The Morgan fingerprint density at radius 2 is 1.90 bits per heavy atom. The highest BCUT2D eigenvalue weighted by atomic mass is 35.5. The van der Waals surface area contributed by atoms with Crippen LogP contribution in [0.15, 0.2) is 48.5 Å². The van der Waals surface area contributed by atoms with Gasteiger partial charge in [0, 0.05) is 22.6 Å². The van der Waals surface area contributed by atoms with Crippen LogP contribution in [0.1, 0.15) is 6.92 Å². The highest BCUT2D eigenvalue weighted by molar-refractivity contribution is 6.30. The number of rotatable bonds is 4. The van der Waals surface area contributed by atoms with Gasteiger partial charge >= 0.3 is 0 Å². The quantitative estimate of drug-likeness (QED) is 0.746. The predicted molar refractivity (Wildman–Crippen MR) is 88.4 cm³/mol. The van der Waals surface area contributed by atoms with Gasteiger partial charge in [-0.15, -0.1) is 0 Å². The molecule has 106 valence electrons. The molecule has 0 bridgehead atoms. The molecule has 3 aromatic rings. The van der Waals surface area contributed by atoms with Crippen molar-refractivity contribution < 1.29 is 0 Å². The van der Waals surface area contributed by atoms with Crippen molar-refractivity contribution in [2.24, 2.45) is 0 Å². The molecule has 3 rings (SSSR count). The minimum atomic E-state index is 0.612. The van der Waals surface area contributed by atoms with Gasteiger partial charge in [0.2, 0.25) is 5.95 Å². The summed E-state index contributed by atoms with van der Waals surface area (Å²) in [6.45, 7) is 2.79. The van der Waals surface area contributed by atoms with Crippen LogP contribution >= 0.6 is 11.6 Å². The van der Waals surface area contributed by atoms with E-state index in [1.807, 2.05) is 55.5 Å². The van der Waals surface area contributed by atoms with E-state index in [4.69, 9.17) is 11.6 Å². The van der Waals surface area contributed by atoms with Crippen molar-refractivity contribution in [3.8, 4) is 0 Å². The number of hydrogen-bond donors (Lipinski definition) is 2. The van der Waals surface area contributed by atoms with E-state index < -0.39 is 0 Å². The van der Waals surface area contributed by atoms with E-state index in [9.17, 15) is 0 Å². The first-order valence-corrected chi connectivity index (χ1v) is 7.17. The van der Waals surface area contributed by atoms with Crippen molar-refractivity contribution >= 4 is 40.0 Å². The standard InChI is InChI=1S/C16H15ClN4/c1-2-18-16-20-14-9-4-3-8-13(14)15(21-16)19-12-7-5-6-11(17)10-12/h3-10H,2H2,1H3,(H2,18,19,20,21). The molecule has 2 N–H and O–H groups in total. The van der Waals surface area contributed by atoms with E-state index in [-0.39, 0.29) is 0 Å². The molecule has 5 heteroatoms. The Labute approximate surface area is 128 Å². The molecule has 1 aromatic heterocycles. The van der Waals surface area contributed by atoms with E-state index in [0.29, 0.717) is 11.0 Å². The fraction of sp³-hybridized carbons (Fsp3) is 0.125. The summed E-state index contributed by atoms with van der Waals surface area (Å²) in [6.07, 6.45) is 0. The van der Waals surface area contributed by atoms with Crippen LogP contribution in [0.5, 0.6) is 0 Å². The van der Waals surface area contributed by atoms with Gasteiger partial charge in [-0.25, -0.2) is 4.98 Å². The molecule has 0 radical (unpaired) electrons. The van der Waals surface area contributed by atoms with Gasteiger partial charge in [-0.1, -0.05) is 29.8 Å². The number of fused-ring (bicyclic) bond motifs is 1. The molecule has 0 saturated heterocycles. The fourth-order valence-electron chi connectivity index (χ4n) is 2.11. The molecule has 21 heavy (non-hydrogen) atoms. The van der Waals surface area contributed by atoms with E-state index >= 15 is 0 Å². The Morgan fingerprint density at radius 3 is 2.71 bits per heavy atom. The topological polar surface area (TPSA) is 49.8 Å². The SMILES string of the molecule is CCNc1nc(Nc2cccc(Cl)c2)c2ccccc2n1. The van der Waals surface area contributed by atoms with E-state index in [2.05, 4.69) is 20.6 Å². The highest BCUT2D eigenvalue weighted by Gasteiger charge is 2.07. The summed E-state index contributed by atoms with van der Waals surface area (Å²) in [5.74, 6) is 1.37. The molecule has 0 unspecified atom stereocenters. The van der Waals surface area contributed by atoms with Crippen molar-refractivity contribution in [3.05, 3.63) is 53.6 Å². The Hall–Kier alpha value is -2.33. The van der Waals surface area contributed by atoms with Gasteiger partial charge in [0.15, 0.2) is 0 Å². The number of benzene rings is 2. The lowest BCUT2D eigenvalue weighted by Crippen LogP contribution is -2.05. The molecule has 2 aromatic carbocycles. The van der Waals surface area contributed by atoms with Crippen LogP contribution < -0.4 is 10.6 Å². The summed E-state index contributed by atoms with van der Waals surface area (Å²) in [5.41, 5.74) is 1.79. The van der Waals surface area contributed by atoms with Crippen LogP contribution in [0, 0.1) is 0 Å². The van der Waals surface area contributed by atoms with Crippen LogP contribution in [-0.4, -0.2) is 16.5 Å². The van der Waals surface area contributed by atoms with E-state index in [1.54, 1.807) is 0 Å². The summed E-state index contributed by atoms with van der Waals surface area (Å²) in [5, 5.41) is 8.12.